The van der Waals surface area contributed by atoms with Gasteiger partial charge in [-0.2, -0.15) is 0 Å². The molecule has 2 aromatic rings. The van der Waals surface area contributed by atoms with Gasteiger partial charge >= 0.3 is 5.63 Å². The van der Waals surface area contributed by atoms with E-state index in [1.807, 2.05) is 19.9 Å². The fourth-order valence-corrected chi connectivity index (χ4v) is 2.49. The zero-order valence-electron chi connectivity index (χ0n) is 15.8. The molecule has 0 amide bonds. The fraction of sp³-hybridized carbons (Fsp3) is 0.381. The second-order valence-corrected chi connectivity index (χ2v) is 6.34. The molecule has 0 saturated carbocycles. The maximum atomic E-state index is 12.1. The monoisotopic (exact) mass is 358 g/mol. The third-order valence-corrected chi connectivity index (χ3v) is 3.87. The van der Waals surface area contributed by atoms with Crippen LogP contribution in [0.4, 0.5) is 0 Å². The highest BCUT2D eigenvalue weighted by Crippen LogP contribution is 2.33. The predicted molar refractivity (Wildman–Crippen MR) is 103 cm³/mol. The molecule has 2 rings (SSSR count). The second-order valence-electron chi connectivity index (χ2n) is 6.34. The topological polar surface area (TPSA) is 68.9 Å². The van der Waals surface area contributed by atoms with Crippen molar-refractivity contribution in [2.45, 2.75) is 40.5 Å². The van der Waals surface area contributed by atoms with Crippen LogP contribution in [0.3, 0.4) is 0 Å². The molecule has 26 heavy (non-hydrogen) atoms. The first-order valence-electron chi connectivity index (χ1n) is 8.76. The zero-order chi connectivity index (χ0) is 19.1. The van der Waals surface area contributed by atoms with Crippen LogP contribution in [0.5, 0.6) is 17.2 Å². The Kier molecular flexibility index (Phi) is 6.89. The Balaban J connectivity index is 2.13. The summed E-state index contributed by atoms with van der Waals surface area (Å²) >= 11 is 0. The summed E-state index contributed by atoms with van der Waals surface area (Å²) in [5, 5.41) is 10.8. The van der Waals surface area contributed by atoms with Gasteiger partial charge in [0.2, 0.25) is 5.75 Å². The first-order valence-corrected chi connectivity index (χ1v) is 8.76. The van der Waals surface area contributed by atoms with Crippen molar-refractivity contribution < 1.29 is 19.0 Å². The summed E-state index contributed by atoms with van der Waals surface area (Å²) < 4.78 is 16.1. The van der Waals surface area contributed by atoms with Gasteiger partial charge in [0.1, 0.15) is 17.9 Å². The van der Waals surface area contributed by atoms with Crippen LogP contribution in [0.1, 0.15) is 40.5 Å². The highest BCUT2D eigenvalue weighted by molar-refractivity contribution is 5.86. The molecule has 5 nitrogen and oxygen atoms in total. The molecule has 1 aromatic heterocycles. The van der Waals surface area contributed by atoms with Crippen LogP contribution in [-0.2, 0) is 0 Å². The molecule has 0 atom stereocenters. The molecule has 0 unspecified atom stereocenters. The summed E-state index contributed by atoms with van der Waals surface area (Å²) in [5.41, 5.74) is 2.01. The number of allylic oxidation sites excluding steroid dienone is 3. The van der Waals surface area contributed by atoms with E-state index in [0.717, 1.165) is 18.4 Å². The maximum Gasteiger partial charge on any atom is 0.383 e. The molecule has 0 spiro atoms. The predicted octanol–water partition coefficient (Wildman–Crippen LogP) is 4.97. The number of benzene rings is 1. The minimum Gasteiger partial charge on any atom is -0.504 e. The van der Waals surface area contributed by atoms with Gasteiger partial charge in [0.15, 0.2) is 5.75 Å². The highest BCUT2D eigenvalue weighted by Gasteiger charge is 2.15. The molecule has 0 radical (unpaired) electrons. The van der Waals surface area contributed by atoms with Crippen molar-refractivity contribution in [3.8, 4) is 17.2 Å². The molecule has 0 bridgehead atoms. The smallest absolute Gasteiger partial charge is 0.383 e. The summed E-state index contributed by atoms with van der Waals surface area (Å²) in [6.07, 6.45) is 5.97. The minimum absolute atomic E-state index is 0.171. The van der Waals surface area contributed by atoms with E-state index in [4.69, 9.17) is 13.9 Å². The van der Waals surface area contributed by atoms with E-state index in [9.17, 15) is 9.90 Å². The van der Waals surface area contributed by atoms with E-state index >= 15 is 0 Å². The van der Waals surface area contributed by atoms with Gasteiger partial charge in [-0.25, -0.2) is 4.79 Å². The molecule has 1 aromatic carbocycles. The normalized spacial score (nSPS) is 11.5. The Bertz CT molecular complexity index is 870. The number of ether oxygens (including phenoxy) is 2. The van der Waals surface area contributed by atoms with Gasteiger partial charge in [-0.3, -0.25) is 0 Å². The molecule has 0 aliphatic heterocycles. The number of hydrogen-bond acceptors (Lipinski definition) is 5. The quantitative estimate of drug-likeness (QED) is 0.533. The van der Waals surface area contributed by atoms with E-state index in [-0.39, 0.29) is 23.7 Å². The average molecular weight is 358 g/mol. The maximum absolute atomic E-state index is 12.1. The standard InChI is InChI=1S/C21H26O5/c1-5-24-16-9-10-17-18(13-16)26-21(23)20(19(17)22)25-12-11-15(4)8-6-7-14(2)3/h7,9-11,13,22H,5-6,8,12H2,1-4H3. The SMILES string of the molecule is CCOc1ccc2c(O)c(OCC=C(C)CCC=C(C)C)c(=O)oc2c1. The van der Waals surface area contributed by atoms with Gasteiger partial charge in [0, 0.05) is 6.07 Å². The zero-order valence-corrected chi connectivity index (χ0v) is 15.8. The molecule has 1 heterocycles. The molecule has 1 N–H and O–H groups in total. The lowest BCUT2D eigenvalue weighted by atomic mass is 10.1. The summed E-state index contributed by atoms with van der Waals surface area (Å²) in [6, 6.07) is 4.94. The van der Waals surface area contributed by atoms with Crippen molar-refractivity contribution >= 4 is 11.0 Å². The Hall–Kier alpha value is -2.69. The lowest BCUT2D eigenvalue weighted by Gasteiger charge is -2.09. The highest BCUT2D eigenvalue weighted by atomic mass is 16.5. The molecule has 0 saturated heterocycles. The van der Waals surface area contributed by atoms with E-state index in [1.165, 1.54) is 5.57 Å². The van der Waals surface area contributed by atoms with Crippen LogP contribution < -0.4 is 15.1 Å². The molecule has 140 valence electrons. The van der Waals surface area contributed by atoms with Crippen molar-refractivity contribution in [2.24, 2.45) is 0 Å². The van der Waals surface area contributed by atoms with Crippen molar-refractivity contribution in [3.05, 3.63) is 51.9 Å². The summed E-state index contributed by atoms with van der Waals surface area (Å²) in [4.78, 5) is 12.1. The van der Waals surface area contributed by atoms with Crippen molar-refractivity contribution in [1.82, 2.24) is 0 Å². The molecule has 0 aliphatic carbocycles. The van der Waals surface area contributed by atoms with Crippen molar-refractivity contribution in [1.29, 1.82) is 0 Å². The summed E-state index contributed by atoms with van der Waals surface area (Å²) in [6.45, 7) is 8.72. The van der Waals surface area contributed by atoms with Gasteiger partial charge in [0.05, 0.1) is 12.0 Å². The van der Waals surface area contributed by atoms with E-state index in [1.54, 1.807) is 18.2 Å². The van der Waals surface area contributed by atoms with Crippen molar-refractivity contribution in [2.75, 3.05) is 13.2 Å². The van der Waals surface area contributed by atoms with Crippen LogP contribution in [0, 0.1) is 0 Å². The lowest BCUT2D eigenvalue weighted by molar-refractivity contribution is 0.316. The van der Waals surface area contributed by atoms with Crippen molar-refractivity contribution in [3.63, 3.8) is 0 Å². The Labute approximate surface area is 153 Å². The van der Waals surface area contributed by atoms with Gasteiger partial charge in [-0.15, -0.1) is 0 Å². The fourth-order valence-electron chi connectivity index (χ4n) is 2.49. The van der Waals surface area contributed by atoms with Crippen LogP contribution in [0.25, 0.3) is 11.0 Å². The van der Waals surface area contributed by atoms with Crippen LogP contribution >= 0.6 is 0 Å². The van der Waals surface area contributed by atoms with Gasteiger partial charge in [-0.1, -0.05) is 17.2 Å². The van der Waals surface area contributed by atoms with E-state index in [0.29, 0.717) is 17.7 Å². The summed E-state index contributed by atoms with van der Waals surface area (Å²) in [7, 11) is 0. The summed E-state index contributed by atoms with van der Waals surface area (Å²) in [5.74, 6) is 0.191. The Morgan fingerprint density at radius 2 is 1.96 bits per heavy atom. The molecule has 5 heteroatoms. The first-order chi connectivity index (χ1) is 12.4. The molecule has 0 fully saturated rings. The van der Waals surface area contributed by atoms with Gasteiger partial charge in [-0.05, 0) is 58.7 Å². The number of rotatable bonds is 8. The number of aromatic hydroxyl groups is 1. The van der Waals surface area contributed by atoms with Gasteiger partial charge in [0.25, 0.3) is 0 Å². The molecular weight excluding hydrogens is 332 g/mol. The third-order valence-electron chi connectivity index (χ3n) is 3.87. The van der Waals surface area contributed by atoms with Crippen LogP contribution in [0.2, 0.25) is 0 Å². The van der Waals surface area contributed by atoms with E-state index in [2.05, 4.69) is 19.9 Å². The van der Waals surface area contributed by atoms with E-state index < -0.39 is 5.63 Å². The Morgan fingerprint density at radius 1 is 1.19 bits per heavy atom. The lowest BCUT2D eigenvalue weighted by Crippen LogP contribution is -2.08. The molecule has 0 aliphatic rings. The number of fused-ring (bicyclic) bond motifs is 1. The minimum atomic E-state index is -0.709. The third kappa shape index (κ3) is 5.15. The average Bonchev–Trinajstić information content (AvgIpc) is 2.57. The number of hydrogen-bond donors (Lipinski definition) is 1. The van der Waals surface area contributed by atoms with Gasteiger partial charge < -0.3 is 19.0 Å². The molecular formula is C21H26O5. The second kappa shape index (κ2) is 9.13. The van der Waals surface area contributed by atoms with Crippen LogP contribution in [-0.4, -0.2) is 18.3 Å². The first kappa shape index (κ1) is 19.6. The largest absolute Gasteiger partial charge is 0.504 e. The van der Waals surface area contributed by atoms with Crippen LogP contribution in [0.15, 0.2) is 50.7 Å². The Morgan fingerprint density at radius 3 is 2.65 bits per heavy atom.